The van der Waals surface area contributed by atoms with Gasteiger partial charge in [-0.25, -0.2) is 4.98 Å². The highest BCUT2D eigenvalue weighted by molar-refractivity contribution is 6.30. The van der Waals surface area contributed by atoms with Crippen LogP contribution in [-0.4, -0.2) is 9.55 Å². The van der Waals surface area contributed by atoms with Crippen molar-refractivity contribution in [3.63, 3.8) is 0 Å². The van der Waals surface area contributed by atoms with E-state index in [0.717, 1.165) is 30.8 Å². The van der Waals surface area contributed by atoms with Crippen LogP contribution in [0.25, 0.3) is 0 Å². The van der Waals surface area contributed by atoms with E-state index in [-0.39, 0.29) is 6.04 Å². The second-order valence-electron chi connectivity index (χ2n) is 3.68. The molecule has 0 aliphatic carbocycles. The molecule has 82 valence electrons. The lowest BCUT2D eigenvalue weighted by molar-refractivity contribution is 0.612. The highest BCUT2D eigenvalue weighted by atomic mass is 35.5. The van der Waals surface area contributed by atoms with Crippen LogP contribution in [0.15, 0.2) is 0 Å². The lowest BCUT2D eigenvalue weighted by Crippen LogP contribution is -2.08. The van der Waals surface area contributed by atoms with Gasteiger partial charge in [-0.2, -0.15) is 5.26 Å². The fraction of sp³-hybridized carbons (Fsp3) is 0.636. The van der Waals surface area contributed by atoms with E-state index < -0.39 is 0 Å². The maximum atomic E-state index is 8.91. The first-order chi connectivity index (χ1) is 7.11. The molecule has 0 fully saturated rings. The van der Waals surface area contributed by atoms with Gasteiger partial charge in [0.2, 0.25) is 0 Å². The Hall–Kier alpha value is -1.01. The number of hydrogen-bond acceptors (Lipinski definition) is 2. The summed E-state index contributed by atoms with van der Waals surface area (Å²) in [4.78, 5) is 4.40. The lowest BCUT2D eigenvalue weighted by Gasteiger charge is -2.10. The third-order valence-electron chi connectivity index (χ3n) is 2.41. The quantitative estimate of drug-likeness (QED) is 0.789. The smallest absolute Gasteiger partial charge is 0.132 e. The Morgan fingerprint density at radius 3 is 2.80 bits per heavy atom. The summed E-state index contributed by atoms with van der Waals surface area (Å²) in [6.07, 6.45) is 3.07. The highest BCUT2D eigenvalue weighted by Crippen LogP contribution is 2.23. The van der Waals surface area contributed by atoms with Gasteiger partial charge in [0.05, 0.1) is 11.8 Å². The summed E-state index contributed by atoms with van der Waals surface area (Å²) < 4.78 is 1.83. The molecule has 0 amide bonds. The summed E-state index contributed by atoms with van der Waals surface area (Å²) in [5, 5.41) is 9.51. The van der Waals surface area contributed by atoms with Gasteiger partial charge in [-0.1, -0.05) is 24.9 Å². The van der Waals surface area contributed by atoms with Crippen LogP contribution in [-0.2, 0) is 6.42 Å². The number of nitrogens with zero attached hydrogens (tertiary/aromatic N) is 3. The molecule has 15 heavy (non-hydrogen) atoms. The summed E-state index contributed by atoms with van der Waals surface area (Å²) in [6, 6.07) is 1.95. The molecule has 0 spiro atoms. The first kappa shape index (κ1) is 12.1. The average molecular weight is 226 g/mol. The first-order valence-corrected chi connectivity index (χ1v) is 5.62. The van der Waals surface area contributed by atoms with Crippen LogP contribution in [0.4, 0.5) is 0 Å². The second kappa shape index (κ2) is 5.18. The third-order valence-corrected chi connectivity index (χ3v) is 2.87. The lowest BCUT2D eigenvalue weighted by atomic mass is 10.2. The summed E-state index contributed by atoms with van der Waals surface area (Å²) in [5.41, 5.74) is 0.810. The second-order valence-corrected chi connectivity index (χ2v) is 4.04. The van der Waals surface area contributed by atoms with Crippen molar-refractivity contribution in [3.05, 3.63) is 16.7 Å². The Kier molecular flexibility index (Phi) is 4.16. The number of imidazole rings is 1. The molecule has 0 aromatic carbocycles. The fourth-order valence-corrected chi connectivity index (χ4v) is 1.83. The number of hydrogen-bond donors (Lipinski definition) is 0. The topological polar surface area (TPSA) is 41.6 Å². The summed E-state index contributed by atoms with van der Waals surface area (Å²) in [6.45, 7) is 5.84. The van der Waals surface area contributed by atoms with Crippen LogP contribution in [0.1, 0.15) is 44.2 Å². The molecule has 1 unspecified atom stereocenters. The zero-order valence-electron chi connectivity index (χ0n) is 9.42. The van der Waals surface area contributed by atoms with Gasteiger partial charge in [0, 0.05) is 6.42 Å². The van der Waals surface area contributed by atoms with Crippen LogP contribution in [0.2, 0.25) is 5.15 Å². The Balaban J connectivity index is 3.05. The van der Waals surface area contributed by atoms with Gasteiger partial charge < -0.3 is 4.57 Å². The zero-order chi connectivity index (χ0) is 11.4. The molecule has 1 heterocycles. The van der Waals surface area contributed by atoms with Gasteiger partial charge in [-0.05, 0) is 20.3 Å². The molecule has 0 aliphatic rings. The molecule has 0 aliphatic heterocycles. The van der Waals surface area contributed by atoms with E-state index >= 15 is 0 Å². The molecule has 0 N–H and O–H groups in total. The van der Waals surface area contributed by atoms with Crippen molar-refractivity contribution in [2.24, 2.45) is 0 Å². The molecule has 0 radical (unpaired) electrons. The molecule has 1 rings (SSSR count). The zero-order valence-corrected chi connectivity index (χ0v) is 10.2. The van der Waals surface area contributed by atoms with Crippen LogP contribution >= 0.6 is 11.6 Å². The van der Waals surface area contributed by atoms with E-state index in [9.17, 15) is 0 Å². The van der Waals surface area contributed by atoms with Gasteiger partial charge in [-0.3, -0.25) is 0 Å². The molecule has 3 nitrogen and oxygen atoms in total. The minimum absolute atomic E-state index is 0.245. The molecule has 4 heteroatoms. The van der Waals surface area contributed by atoms with Crippen molar-refractivity contribution >= 4 is 11.6 Å². The van der Waals surface area contributed by atoms with Crippen molar-refractivity contribution in [1.82, 2.24) is 9.55 Å². The minimum Gasteiger partial charge on any atom is -0.302 e. The standard InChI is InChI=1S/C11H16ClN3/c1-4-5-6-10-14-9(3)11(12)15(10)8(2)7-13/h8H,4-6H2,1-3H3. The number of halogens is 1. The molecule has 1 aromatic heterocycles. The van der Waals surface area contributed by atoms with Crippen LogP contribution in [0.3, 0.4) is 0 Å². The summed E-state index contributed by atoms with van der Waals surface area (Å²) in [5.74, 6) is 0.924. The maximum absolute atomic E-state index is 8.91. The van der Waals surface area contributed by atoms with Crippen molar-refractivity contribution in [2.45, 2.75) is 46.1 Å². The van der Waals surface area contributed by atoms with Crippen molar-refractivity contribution in [2.75, 3.05) is 0 Å². The Labute approximate surface area is 95.7 Å². The van der Waals surface area contributed by atoms with Gasteiger partial charge >= 0.3 is 0 Å². The first-order valence-electron chi connectivity index (χ1n) is 5.24. The van der Waals surface area contributed by atoms with Crippen molar-refractivity contribution in [3.8, 4) is 6.07 Å². The monoisotopic (exact) mass is 225 g/mol. The van der Waals surface area contributed by atoms with Crippen molar-refractivity contribution < 1.29 is 0 Å². The molecule has 0 saturated carbocycles. The Morgan fingerprint density at radius 1 is 1.60 bits per heavy atom. The van der Waals surface area contributed by atoms with E-state index in [2.05, 4.69) is 18.0 Å². The van der Waals surface area contributed by atoms with E-state index in [1.165, 1.54) is 0 Å². The molecule has 0 bridgehead atoms. The number of aryl methyl sites for hydroxylation is 2. The minimum atomic E-state index is -0.245. The third kappa shape index (κ3) is 2.51. The fourth-order valence-electron chi connectivity index (χ4n) is 1.54. The normalized spacial score (nSPS) is 12.5. The van der Waals surface area contributed by atoms with E-state index in [1.54, 1.807) is 0 Å². The maximum Gasteiger partial charge on any atom is 0.132 e. The average Bonchev–Trinajstić information content (AvgIpc) is 2.51. The molecule has 1 aromatic rings. The number of unbranched alkanes of at least 4 members (excludes halogenated alkanes) is 1. The van der Waals surface area contributed by atoms with Crippen molar-refractivity contribution in [1.29, 1.82) is 5.26 Å². The molecular formula is C11H16ClN3. The largest absolute Gasteiger partial charge is 0.302 e. The number of aromatic nitrogens is 2. The van der Waals surface area contributed by atoms with Gasteiger partial charge in [0.25, 0.3) is 0 Å². The van der Waals surface area contributed by atoms with E-state index in [0.29, 0.717) is 5.15 Å². The van der Waals surface area contributed by atoms with Gasteiger partial charge in [-0.15, -0.1) is 0 Å². The summed E-state index contributed by atoms with van der Waals surface area (Å²) in [7, 11) is 0. The SMILES string of the molecule is CCCCc1nc(C)c(Cl)n1C(C)C#N. The Morgan fingerprint density at radius 2 is 2.27 bits per heavy atom. The highest BCUT2D eigenvalue weighted by Gasteiger charge is 2.16. The van der Waals surface area contributed by atoms with Gasteiger partial charge in [0.1, 0.15) is 17.0 Å². The number of rotatable bonds is 4. The van der Waals surface area contributed by atoms with E-state index in [1.807, 2.05) is 18.4 Å². The molecule has 0 saturated heterocycles. The molecule has 1 atom stereocenters. The molecular weight excluding hydrogens is 210 g/mol. The van der Waals surface area contributed by atoms with Crippen LogP contribution in [0.5, 0.6) is 0 Å². The predicted octanol–water partition coefficient (Wildman–Crippen LogP) is 3.27. The van der Waals surface area contributed by atoms with Crippen LogP contribution < -0.4 is 0 Å². The Bertz CT molecular complexity index is 376. The van der Waals surface area contributed by atoms with Crippen LogP contribution in [0, 0.1) is 18.3 Å². The summed E-state index contributed by atoms with van der Waals surface area (Å²) >= 11 is 6.12. The van der Waals surface area contributed by atoms with Gasteiger partial charge in [0.15, 0.2) is 0 Å². The predicted molar refractivity (Wildman–Crippen MR) is 60.9 cm³/mol. The van der Waals surface area contributed by atoms with E-state index in [4.69, 9.17) is 16.9 Å². The number of nitriles is 1.